The molecular weight excluding hydrogens is 330 g/mol. The second kappa shape index (κ2) is 6.24. The molecule has 0 fully saturated rings. The fraction of sp³-hybridized carbons (Fsp3) is 0.294. The third-order valence-corrected chi connectivity index (χ3v) is 4.82. The van der Waals surface area contributed by atoms with E-state index < -0.39 is 10.0 Å². The standard InChI is InChI=1S/C17H19NO5S/c1-11(2)23-15-6-4-13(8-12(15)3)18-24(19,20)14-5-7-16-17(9-14)22-10-21-16/h4-9,11,18H,10H2,1-3H3. The van der Waals surface area contributed by atoms with Crippen molar-refractivity contribution in [2.75, 3.05) is 11.5 Å². The molecule has 0 atom stereocenters. The first-order valence-electron chi connectivity index (χ1n) is 7.55. The van der Waals surface area contributed by atoms with Crippen molar-refractivity contribution in [2.24, 2.45) is 0 Å². The lowest BCUT2D eigenvalue weighted by Crippen LogP contribution is -2.13. The Balaban J connectivity index is 1.83. The molecule has 1 N–H and O–H groups in total. The molecule has 0 unspecified atom stereocenters. The van der Waals surface area contributed by atoms with Gasteiger partial charge in [0, 0.05) is 11.8 Å². The summed E-state index contributed by atoms with van der Waals surface area (Å²) in [5.74, 6) is 1.70. The highest BCUT2D eigenvalue weighted by molar-refractivity contribution is 7.92. The molecular formula is C17H19NO5S. The molecule has 0 aliphatic carbocycles. The van der Waals surface area contributed by atoms with Gasteiger partial charge in [-0.1, -0.05) is 0 Å². The minimum Gasteiger partial charge on any atom is -0.491 e. The minimum atomic E-state index is -3.71. The number of aryl methyl sites for hydroxylation is 1. The summed E-state index contributed by atoms with van der Waals surface area (Å²) in [6, 6.07) is 9.69. The fourth-order valence-electron chi connectivity index (χ4n) is 2.36. The Morgan fingerprint density at radius 2 is 1.83 bits per heavy atom. The number of anilines is 1. The van der Waals surface area contributed by atoms with Crippen LogP contribution in [0.5, 0.6) is 17.2 Å². The molecule has 0 saturated heterocycles. The van der Waals surface area contributed by atoms with E-state index in [1.807, 2.05) is 20.8 Å². The van der Waals surface area contributed by atoms with Gasteiger partial charge in [0.25, 0.3) is 10.0 Å². The first-order chi connectivity index (χ1) is 11.3. The van der Waals surface area contributed by atoms with Crippen LogP contribution in [0, 0.1) is 6.92 Å². The molecule has 0 radical (unpaired) electrons. The molecule has 7 heteroatoms. The second-order valence-corrected chi connectivity index (χ2v) is 7.45. The van der Waals surface area contributed by atoms with E-state index in [4.69, 9.17) is 14.2 Å². The van der Waals surface area contributed by atoms with Gasteiger partial charge in [-0.2, -0.15) is 0 Å². The van der Waals surface area contributed by atoms with Gasteiger partial charge in [0.1, 0.15) is 5.75 Å². The average molecular weight is 349 g/mol. The Hall–Kier alpha value is -2.41. The third kappa shape index (κ3) is 3.41. The van der Waals surface area contributed by atoms with Gasteiger partial charge in [-0.05, 0) is 56.7 Å². The van der Waals surface area contributed by atoms with Crippen molar-refractivity contribution in [1.29, 1.82) is 0 Å². The van der Waals surface area contributed by atoms with E-state index in [0.717, 1.165) is 11.3 Å². The van der Waals surface area contributed by atoms with Crippen molar-refractivity contribution in [3.63, 3.8) is 0 Å². The normalized spacial score (nSPS) is 13.2. The molecule has 0 amide bonds. The van der Waals surface area contributed by atoms with E-state index in [2.05, 4.69) is 4.72 Å². The van der Waals surface area contributed by atoms with Gasteiger partial charge in [0.2, 0.25) is 6.79 Å². The molecule has 1 aliphatic rings. The SMILES string of the molecule is Cc1cc(NS(=O)(=O)c2ccc3c(c2)OCO3)ccc1OC(C)C. The lowest BCUT2D eigenvalue weighted by Gasteiger charge is -2.14. The molecule has 6 nitrogen and oxygen atoms in total. The maximum absolute atomic E-state index is 12.5. The number of hydrogen-bond acceptors (Lipinski definition) is 5. The highest BCUT2D eigenvalue weighted by atomic mass is 32.2. The zero-order valence-electron chi connectivity index (χ0n) is 13.7. The van der Waals surface area contributed by atoms with E-state index in [1.54, 1.807) is 24.3 Å². The maximum Gasteiger partial charge on any atom is 0.262 e. The molecule has 24 heavy (non-hydrogen) atoms. The number of nitrogens with one attached hydrogen (secondary N) is 1. The van der Waals surface area contributed by atoms with Crippen LogP contribution < -0.4 is 18.9 Å². The summed E-state index contributed by atoms with van der Waals surface area (Å²) in [6.07, 6.45) is 0.0554. The predicted molar refractivity (Wildman–Crippen MR) is 90.3 cm³/mol. The van der Waals surface area contributed by atoms with Gasteiger partial charge in [-0.25, -0.2) is 8.42 Å². The summed E-state index contributed by atoms with van der Waals surface area (Å²) in [6.45, 7) is 5.85. The molecule has 1 aliphatic heterocycles. The van der Waals surface area contributed by atoms with Crippen LogP contribution in [-0.2, 0) is 10.0 Å². The van der Waals surface area contributed by atoms with Crippen LogP contribution >= 0.6 is 0 Å². The molecule has 0 aromatic heterocycles. The Bertz CT molecular complexity index is 861. The quantitative estimate of drug-likeness (QED) is 0.896. The number of rotatable bonds is 5. The van der Waals surface area contributed by atoms with Crippen LogP contribution in [0.25, 0.3) is 0 Å². The van der Waals surface area contributed by atoms with E-state index in [0.29, 0.717) is 17.2 Å². The van der Waals surface area contributed by atoms with Gasteiger partial charge in [0.05, 0.1) is 11.0 Å². The van der Waals surface area contributed by atoms with Crippen molar-refractivity contribution in [2.45, 2.75) is 31.8 Å². The Labute approximate surface area is 141 Å². The van der Waals surface area contributed by atoms with Crippen LogP contribution in [-0.4, -0.2) is 21.3 Å². The highest BCUT2D eigenvalue weighted by Gasteiger charge is 2.20. The van der Waals surface area contributed by atoms with Gasteiger partial charge in [0.15, 0.2) is 11.5 Å². The van der Waals surface area contributed by atoms with Crippen molar-refractivity contribution < 1.29 is 22.6 Å². The van der Waals surface area contributed by atoms with E-state index in [9.17, 15) is 8.42 Å². The zero-order chi connectivity index (χ0) is 17.3. The summed E-state index contributed by atoms with van der Waals surface area (Å²) < 4.78 is 43.7. The Kier molecular flexibility index (Phi) is 4.28. The zero-order valence-corrected chi connectivity index (χ0v) is 14.5. The summed E-state index contributed by atoms with van der Waals surface area (Å²) in [7, 11) is -3.71. The van der Waals surface area contributed by atoms with Crippen LogP contribution in [0.2, 0.25) is 0 Å². The third-order valence-electron chi connectivity index (χ3n) is 3.44. The average Bonchev–Trinajstić information content (AvgIpc) is 2.97. The van der Waals surface area contributed by atoms with Crippen molar-refractivity contribution >= 4 is 15.7 Å². The second-order valence-electron chi connectivity index (χ2n) is 5.77. The molecule has 128 valence electrons. The molecule has 1 heterocycles. The Morgan fingerprint density at radius 3 is 2.54 bits per heavy atom. The van der Waals surface area contributed by atoms with Gasteiger partial charge < -0.3 is 14.2 Å². The topological polar surface area (TPSA) is 73.9 Å². The summed E-state index contributed by atoms with van der Waals surface area (Å²) in [5, 5.41) is 0. The first kappa shape index (κ1) is 16.4. The number of hydrogen-bond donors (Lipinski definition) is 1. The van der Waals surface area contributed by atoms with Gasteiger partial charge in [-0.3, -0.25) is 4.72 Å². The molecule has 2 aromatic carbocycles. The number of sulfonamides is 1. The number of benzene rings is 2. The lowest BCUT2D eigenvalue weighted by atomic mass is 10.2. The molecule has 0 bridgehead atoms. The summed E-state index contributed by atoms with van der Waals surface area (Å²) in [5.41, 5.74) is 1.33. The highest BCUT2D eigenvalue weighted by Crippen LogP contribution is 2.34. The summed E-state index contributed by atoms with van der Waals surface area (Å²) in [4.78, 5) is 0.118. The van der Waals surface area contributed by atoms with E-state index in [-0.39, 0.29) is 17.8 Å². The molecule has 3 rings (SSSR count). The lowest BCUT2D eigenvalue weighted by molar-refractivity contribution is 0.174. The maximum atomic E-state index is 12.5. The largest absolute Gasteiger partial charge is 0.491 e. The minimum absolute atomic E-state index is 0.0554. The van der Waals surface area contributed by atoms with Crippen molar-refractivity contribution in [3.8, 4) is 17.2 Å². The monoisotopic (exact) mass is 349 g/mol. The number of ether oxygens (including phenoxy) is 3. The molecule has 0 spiro atoms. The van der Waals surface area contributed by atoms with E-state index in [1.165, 1.54) is 12.1 Å². The Morgan fingerprint density at radius 1 is 1.08 bits per heavy atom. The van der Waals surface area contributed by atoms with Crippen LogP contribution in [0.4, 0.5) is 5.69 Å². The predicted octanol–water partition coefficient (Wildman–Crippen LogP) is 3.31. The van der Waals surface area contributed by atoms with Crippen LogP contribution in [0.3, 0.4) is 0 Å². The smallest absolute Gasteiger partial charge is 0.262 e. The van der Waals surface area contributed by atoms with Crippen molar-refractivity contribution in [1.82, 2.24) is 0 Å². The fourth-order valence-corrected chi connectivity index (χ4v) is 3.42. The summed E-state index contributed by atoms with van der Waals surface area (Å²) >= 11 is 0. The molecule has 0 saturated carbocycles. The van der Waals surface area contributed by atoms with Gasteiger partial charge in [-0.15, -0.1) is 0 Å². The molecule has 2 aromatic rings. The van der Waals surface area contributed by atoms with Crippen molar-refractivity contribution in [3.05, 3.63) is 42.0 Å². The van der Waals surface area contributed by atoms with Crippen LogP contribution in [0.1, 0.15) is 19.4 Å². The number of fused-ring (bicyclic) bond motifs is 1. The van der Waals surface area contributed by atoms with Crippen LogP contribution in [0.15, 0.2) is 41.3 Å². The van der Waals surface area contributed by atoms with E-state index >= 15 is 0 Å². The first-order valence-corrected chi connectivity index (χ1v) is 9.03. The van der Waals surface area contributed by atoms with Gasteiger partial charge >= 0.3 is 0 Å².